The average Bonchev–Trinajstić information content (AvgIpc) is 3.15. The smallest absolute Gasteiger partial charge is 0.326 e. The van der Waals surface area contributed by atoms with Gasteiger partial charge in [0.2, 0.25) is 0 Å². The molecule has 1 fully saturated rings. The number of carbonyl (C=O) groups is 1. The van der Waals surface area contributed by atoms with Crippen LogP contribution in [0.15, 0.2) is 40.8 Å². The number of esters is 1. The SMILES string of the molecule is CC(C)c1ccc(-c2csc3ncn(CC(=O)O[C@H]4CCC[C@H](C)C4)c(=O)c23)cc1. The van der Waals surface area contributed by atoms with Gasteiger partial charge in [0.25, 0.3) is 5.56 Å². The molecule has 0 radical (unpaired) electrons. The zero-order valence-electron chi connectivity index (χ0n) is 17.8. The molecule has 4 rings (SSSR count). The van der Waals surface area contributed by atoms with Crippen molar-refractivity contribution in [3.8, 4) is 11.1 Å². The highest BCUT2D eigenvalue weighted by atomic mass is 32.1. The van der Waals surface area contributed by atoms with Crippen LogP contribution in [0.25, 0.3) is 21.3 Å². The van der Waals surface area contributed by atoms with E-state index in [0.717, 1.165) is 30.4 Å². The third-order valence-corrected chi connectivity index (χ3v) is 6.82. The molecule has 0 bridgehead atoms. The van der Waals surface area contributed by atoms with Gasteiger partial charge in [-0.2, -0.15) is 0 Å². The van der Waals surface area contributed by atoms with Gasteiger partial charge in [0.15, 0.2) is 0 Å². The summed E-state index contributed by atoms with van der Waals surface area (Å²) in [7, 11) is 0. The summed E-state index contributed by atoms with van der Waals surface area (Å²) in [6, 6.07) is 8.29. The van der Waals surface area contributed by atoms with E-state index >= 15 is 0 Å². The monoisotopic (exact) mass is 424 g/mol. The Labute approximate surface area is 180 Å². The normalized spacial score (nSPS) is 19.3. The summed E-state index contributed by atoms with van der Waals surface area (Å²) in [6.45, 7) is 6.40. The first-order chi connectivity index (χ1) is 14.4. The molecule has 2 atom stereocenters. The Morgan fingerprint density at radius 2 is 2.03 bits per heavy atom. The van der Waals surface area contributed by atoms with Crippen LogP contribution in [0.2, 0.25) is 0 Å². The van der Waals surface area contributed by atoms with Gasteiger partial charge in [-0.1, -0.05) is 51.5 Å². The lowest BCUT2D eigenvalue weighted by atomic mass is 9.89. The Morgan fingerprint density at radius 3 is 2.73 bits per heavy atom. The molecule has 30 heavy (non-hydrogen) atoms. The lowest BCUT2D eigenvalue weighted by Crippen LogP contribution is -2.30. The molecule has 0 spiro atoms. The molecule has 0 aliphatic heterocycles. The molecular weight excluding hydrogens is 396 g/mol. The van der Waals surface area contributed by atoms with Gasteiger partial charge < -0.3 is 4.74 Å². The minimum Gasteiger partial charge on any atom is -0.461 e. The summed E-state index contributed by atoms with van der Waals surface area (Å²) in [5, 5.41) is 2.54. The van der Waals surface area contributed by atoms with Crippen LogP contribution in [0, 0.1) is 5.92 Å². The van der Waals surface area contributed by atoms with Crippen molar-refractivity contribution in [1.82, 2.24) is 9.55 Å². The summed E-state index contributed by atoms with van der Waals surface area (Å²) in [5.41, 5.74) is 2.92. The average molecular weight is 425 g/mol. The molecule has 1 aliphatic rings. The summed E-state index contributed by atoms with van der Waals surface area (Å²) in [4.78, 5) is 30.7. The second kappa shape index (κ2) is 8.72. The van der Waals surface area contributed by atoms with Crippen LogP contribution in [0.1, 0.15) is 57.9 Å². The van der Waals surface area contributed by atoms with Crippen LogP contribution in [0.4, 0.5) is 0 Å². The third-order valence-electron chi connectivity index (χ3n) is 5.93. The maximum atomic E-state index is 13.2. The second-order valence-electron chi connectivity index (χ2n) is 8.67. The van der Waals surface area contributed by atoms with Gasteiger partial charge in [-0.3, -0.25) is 14.2 Å². The number of aromatic nitrogens is 2. The maximum Gasteiger partial charge on any atom is 0.326 e. The van der Waals surface area contributed by atoms with E-state index in [1.165, 1.54) is 34.2 Å². The minimum atomic E-state index is -0.365. The van der Waals surface area contributed by atoms with Crippen molar-refractivity contribution in [3.63, 3.8) is 0 Å². The zero-order chi connectivity index (χ0) is 21.3. The number of ether oxygens (including phenoxy) is 1. The Balaban J connectivity index is 1.58. The van der Waals surface area contributed by atoms with Gasteiger partial charge in [0, 0.05) is 10.9 Å². The first-order valence-corrected chi connectivity index (χ1v) is 11.6. The number of carbonyl (C=O) groups excluding carboxylic acids is 1. The van der Waals surface area contributed by atoms with E-state index in [9.17, 15) is 9.59 Å². The molecule has 0 N–H and O–H groups in total. The van der Waals surface area contributed by atoms with Gasteiger partial charge in [-0.15, -0.1) is 11.3 Å². The summed E-state index contributed by atoms with van der Waals surface area (Å²) in [6.07, 6.45) is 5.50. The van der Waals surface area contributed by atoms with Gasteiger partial charge in [0.05, 0.1) is 11.7 Å². The molecule has 3 aromatic rings. The van der Waals surface area contributed by atoms with E-state index in [4.69, 9.17) is 4.74 Å². The Bertz CT molecular complexity index is 1100. The van der Waals surface area contributed by atoms with Crippen molar-refractivity contribution < 1.29 is 9.53 Å². The Kier molecular flexibility index (Phi) is 6.04. The van der Waals surface area contributed by atoms with Crippen LogP contribution >= 0.6 is 11.3 Å². The van der Waals surface area contributed by atoms with E-state index in [-0.39, 0.29) is 24.2 Å². The van der Waals surface area contributed by atoms with Gasteiger partial charge >= 0.3 is 5.97 Å². The van der Waals surface area contributed by atoms with E-state index in [2.05, 4.69) is 37.9 Å². The Morgan fingerprint density at radius 1 is 1.27 bits per heavy atom. The first kappa shape index (κ1) is 20.8. The van der Waals surface area contributed by atoms with E-state index in [1.807, 2.05) is 17.5 Å². The quantitative estimate of drug-likeness (QED) is 0.517. The molecule has 2 aromatic heterocycles. The molecule has 5 nitrogen and oxygen atoms in total. The van der Waals surface area contributed by atoms with Crippen molar-refractivity contribution in [2.75, 3.05) is 0 Å². The molecule has 158 valence electrons. The molecule has 0 saturated heterocycles. The molecule has 0 amide bonds. The predicted molar refractivity (Wildman–Crippen MR) is 121 cm³/mol. The van der Waals surface area contributed by atoms with Gasteiger partial charge in [-0.05, 0) is 42.2 Å². The highest BCUT2D eigenvalue weighted by Crippen LogP contribution is 2.31. The molecule has 1 aromatic carbocycles. The fourth-order valence-corrected chi connectivity index (χ4v) is 5.09. The molecule has 1 aliphatic carbocycles. The van der Waals surface area contributed by atoms with Crippen LogP contribution in [-0.4, -0.2) is 21.6 Å². The van der Waals surface area contributed by atoms with Crippen molar-refractivity contribution in [3.05, 3.63) is 51.9 Å². The number of benzene rings is 1. The third kappa shape index (κ3) is 4.33. The van der Waals surface area contributed by atoms with Crippen LogP contribution in [-0.2, 0) is 16.1 Å². The fraction of sp³-hybridized carbons (Fsp3) is 0.458. The molecule has 2 heterocycles. The van der Waals surface area contributed by atoms with Gasteiger partial charge in [-0.25, -0.2) is 4.98 Å². The highest BCUT2D eigenvalue weighted by molar-refractivity contribution is 7.17. The standard InChI is InChI=1S/C24H28N2O3S/c1-15(2)17-7-9-18(10-8-17)20-13-30-23-22(20)24(28)26(14-25-23)12-21(27)29-19-6-4-5-16(3)11-19/h7-10,13-16,19H,4-6,11-12H2,1-3H3/t16-,19-/m0/s1. The van der Waals surface area contributed by atoms with Crippen molar-refractivity contribution in [2.24, 2.45) is 5.92 Å². The summed E-state index contributed by atoms with van der Waals surface area (Å²) >= 11 is 1.45. The number of thiophene rings is 1. The van der Waals surface area contributed by atoms with Crippen LogP contribution in [0.5, 0.6) is 0 Å². The predicted octanol–water partition coefficient (Wildman–Crippen LogP) is 5.37. The topological polar surface area (TPSA) is 61.2 Å². The fourth-order valence-electron chi connectivity index (χ4n) is 4.19. The van der Waals surface area contributed by atoms with Crippen LogP contribution < -0.4 is 5.56 Å². The number of rotatable bonds is 5. The van der Waals surface area contributed by atoms with E-state index in [1.54, 1.807) is 0 Å². The lowest BCUT2D eigenvalue weighted by Gasteiger charge is -2.26. The number of nitrogens with zero attached hydrogens (tertiary/aromatic N) is 2. The number of hydrogen-bond donors (Lipinski definition) is 0. The summed E-state index contributed by atoms with van der Waals surface area (Å²) in [5.74, 6) is 0.665. The molecule has 1 saturated carbocycles. The number of hydrogen-bond acceptors (Lipinski definition) is 5. The number of fused-ring (bicyclic) bond motifs is 1. The van der Waals surface area contributed by atoms with Gasteiger partial charge in [0.1, 0.15) is 17.5 Å². The molecule has 0 unspecified atom stereocenters. The first-order valence-electron chi connectivity index (χ1n) is 10.7. The molecule has 6 heteroatoms. The van der Waals surface area contributed by atoms with Crippen LogP contribution in [0.3, 0.4) is 0 Å². The molecular formula is C24H28N2O3S. The maximum absolute atomic E-state index is 13.2. The van der Waals surface area contributed by atoms with Crippen molar-refractivity contribution in [2.45, 2.75) is 65.0 Å². The second-order valence-corrected chi connectivity index (χ2v) is 9.53. The van der Waals surface area contributed by atoms with Crippen molar-refractivity contribution >= 4 is 27.5 Å². The highest BCUT2D eigenvalue weighted by Gasteiger charge is 2.23. The Hall–Kier alpha value is -2.47. The van der Waals surface area contributed by atoms with Crippen molar-refractivity contribution in [1.29, 1.82) is 0 Å². The lowest BCUT2D eigenvalue weighted by molar-refractivity contribution is -0.152. The van der Waals surface area contributed by atoms with E-state index in [0.29, 0.717) is 22.1 Å². The minimum absolute atomic E-state index is 0.0372. The van der Waals surface area contributed by atoms with E-state index < -0.39 is 0 Å². The largest absolute Gasteiger partial charge is 0.461 e. The zero-order valence-corrected chi connectivity index (χ0v) is 18.6. The summed E-state index contributed by atoms with van der Waals surface area (Å²) < 4.78 is 7.01.